The Morgan fingerprint density at radius 1 is 1.53 bits per heavy atom. The molecule has 0 amide bonds. The zero-order valence-electron chi connectivity index (χ0n) is 9.90. The summed E-state index contributed by atoms with van der Waals surface area (Å²) < 4.78 is 2.11. The Balaban J connectivity index is 2.60. The second-order valence-corrected chi connectivity index (χ2v) is 4.58. The van der Waals surface area contributed by atoms with Crippen LogP contribution in [0.4, 0.5) is 0 Å². The number of allylic oxidation sites excluding steroid dienone is 1. The van der Waals surface area contributed by atoms with Gasteiger partial charge in [-0.05, 0) is 30.9 Å². The standard InChI is InChI=1S/C13H21NO/c1-10(2)5-7-14-8-6-12(9-14)13(15)11(3)4/h6,8-9,11,13,15H,1,5,7H2,2-4H3. The van der Waals surface area contributed by atoms with Crippen LogP contribution in [0.2, 0.25) is 0 Å². The van der Waals surface area contributed by atoms with Crippen molar-refractivity contribution < 1.29 is 5.11 Å². The average molecular weight is 207 g/mol. The zero-order valence-corrected chi connectivity index (χ0v) is 9.90. The molecule has 0 bridgehead atoms. The van der Waals surface area contributed by atoms with Gasteiger partial charge in [0.15, 0.2) is 0 Å². The van der Waals surface area contributed by atoms with Gasteiger partial charge >= 0.3 is 0 Å². The maximum Gasteiger partial charge on any atom is 0.0827 e. The summed E-state index contributed by atoms with van der Waals surface area (Å²) in [5.74, 6) is 0.266. The van der Waals surface area contributed by atoms with Crippen LogP contribution in [0.3, 0.4) is 0 Å². The normalized spacial score (nSPS) is 13.1. The van der Waals surface area contributed by atoms with E-state index in [0.717, 1.165) is 18.5 Å². The third-order valence-corrected chi connectivity index (χ3v) is 2.54. The molecule has 0 saturated heterocycles. The first-order chi connectivity index (χ1) is 7.00. The van der Waals surface area contributed by atoms with Crippen LogP contribution in [0.1, 0.15) is 38.9 Å². The number of nitrogens with zero attached hydrogens (tertiary/aromatic N) is 1. The highest BCUT2D eigenvalue weighted by Crippen LogP contribution is 2.21. The van der Waals surface area contributed by atoms with Gasteiger partial charge in [0.2, 0.25) is 0 Å². The molecule has 1 aromatic rings. The van der Waals surface area contributed by atoms with Crippen molar-refractivity contribution in [2.45, 2.75) is 39.8 Å². The molecule has 1 rings (SSSR count). The number of aliphatic hydroxyl groups is 1. The number of hydrogen-bond acceptors (Lipinski definition) is 1. The van der Waals surface area contributed by atoms with Gasteiger partial charge in [0, 0.05) is 18.9 Å². The summed E-state index contributed by atoms with van der Waals surface area (Å²) in [6.45, 7) is 10.9. The zero-order chi connectivity index (χ0) is 11.4. The molecule has 0 saturated carbocycles. The Hall–Kier alpha value is -1.02. The van der Waals surface area contributed by atoms with Gasteiger partial charge in [0.05, 0.1) is 6.10 Å². The minimum absolute atomic E-state index is 0.266. The number of rotatable bonds is 5. The summed E-state index contributed by atoms with van der Waals surface area (Å²) in [7, 11) is 0. The molecule has 1 N–H and O–H groups in total. The topological polar surface area (TPSA) is 25.2 Å². The molecule has 1 heterocycles. The summed E-state index contributed by atoms with van der Waals surface area (Å²) in [5, 5.41) is 9.86. The molecule has 1 unspecified atom stereocenters. The van der Waals surface area contributed by atoms with E-state index in [-0.39, 0.29) is 12.0 Å². The fourth-order valence-electron chi connectivity index (χ4n) is 1.48. The van der Waals surface area contributed by atoms with E-state index in [2.05, 4.69) is 11.1 Å². The maximum absolute atomic E-state index is 9.86. The van der Waals surface area contributed by atoms with Crippen LogP contribution in [-0.4, -0.2) is 9.67 Å². The smallest absolute Gasteiger partial charge is 0.0827 e. The molecule has 2 nitrogen and oxygen atoms in total. The predicted octanol–water partition coefficient (Wildman–Crippen LogP) is 3.14. The minimum atomic E-state index is -0.351. The van der Waals surface area contributed by atoms with E-state index in [0.29, 0.717) is 0 Å². The summed E-state index contributed by atoms with van der Waals surface area (Å²) in [4.78, 5) is 0. The van der Waals surface area contributed by atoms with Crippen LogP contribution in [-0.2, 0) is 6.54 Å². The van der Waals surface area contributed by atoms with E-state index in [9.17, 15) is 5.11 Å². The highest BCUT2D eigenvalue weighted by Gasteiger charge is 2.12. The fourth-order valence-corrected chi connectivity index (χ4v) is 1.48. The van der Waals surface area contributed by atoms with Gasteiger partial charge in [-0.3, -0.25) is 0 Å². The van der Waals surface area contributed by atoms with Crippen molar-refractivity contribution in [3.05, 3.63) is 36.2 Å². The van der Waals surface area contributed by atoms with Crippen molar-refractivity contribution in [3.63, 3.8) is 0 Å². The molecule has 1 aromatic heterocycles. The van der Waals surface area contributed by atoms with Gasteiger partial charge in [0.1, 0.15) is 0 Å². The summed E-state index contributed by atoms with van der Waals surface area (Å²) in [6, 6.07) is 1.99. The van der Waals surface area contributed by atoms with E-state index in [1.807, 2.05) is 39.2 Å². The van der Waals surface area contributed by atoms with Gasteiger partial charge in [-0.15, -0.1) is 6.58 Å². The number of hydrogen-bond donors (Lipinski definition) is 1. The number of aliphatic hydroxyl groups excluding tert-OH is 1. The van der Waals surface area contributed by atoms with Gasteiger partial charge in [-0.2, -0.15) is 0 Å². The van der Waals surface area contributed by atoms with Gasteiger partial charge in [-0.25, -0.2) is 0 Å². The second kappa shape index (κ2) is 5.17. The first-order valence-corrected chi connectivity index (χ1v) is 5.49. The summed E-state index contributed by atoms with van der Waals surface area (Å²) in [6.07, 6.45) is 4.68. The number of aromatic nitrogens is 1. The monoisotopic (exact) mass is 207 g/mol. The van der Waals surface area contributed by atoms with Crippen molar-refractivity contribution in [2.75, 3.05) is 0 Å². The molecule has 1 atom stereocenters. The van der Waals surface area contributed by atoms with Crippen LogP contribution in [0.25, 0.3) is 0 Å². The van der Waals surface area contributed by atoms with E-state index < -0.39 is 0 Å². The Morgan fingerprint density at radius 3 is 2.73 bits per heavy atom. The second-order valence-electron chi connectivity index (χ2n) is 4.58. The van der Waals surface area contributed by atoms with E-state index in [4.69, 9.17) is 0 Å². The Morgan fingerprint density at radius 2 is 2.20 bits per heavy atom. The molecule has 2 heteroatoms. The quantitative estimate of drug-likeness (QED) is 0.737. The van der Waals surface area contributed by atoms with E-state index >= 15 is 0 Å². The lowest BCUT2D eigenvalue weighted by Crippen LogP contribution is -2.04. The van der Waals surface area contributed by atoms with Crippen LogP contribution in [0.5, 0.6) is 0 Å². The lowest BCUT2D eigenvalue weighted by molar-refractivity contribution is 0.127. The van der Waals surface area contributed by atoms with Crippen molar-refractivity contribution in [2.24, 2.45) is 5.92 Å². The van der Waals surface area contributed by atoms with Crippen LogP contribution in [0, 0.1) is 5.92 Å². The molecule has 84 valence electrons. The summed E-state index contributed by atoms with van der Waals surface area (Å²) >= 11 is 0. The molecule has 0 aromatic carbocycles. The van der Waals surface area contributed by atoms with Gasteiger partial charge in [0.25, 0.3) is 0 Å². The molecule has 0 radical (unpaired) electrons. The molecule has 15 heavy (non-hydrogen) atoms. The van der Waals surface area contributed by atoms with Crippen LogP contribution < -0.4 is 0 Å². The molecule has 0 aliphatic rings. The van der Waals surface area contributed by atoms with Crippen molar-refractivity contribution in [1.29, 1.82) is 0 Å². The first-order valence-electron chi connectivity index (χ1n) is 5.49. The molecule has 0 aliphatic heterocycles. The van der Waals surface area contributed by atoms with Crippen molar-refractivity contribution >= 4 is 0 Å². The number of aryl methyl sites for hydroxylation is 1. The highest BCUT2D eigenvalue weighted by atomic mass is 16.3. The van der Waals surface area contributed by atoms with Crippen LogP contribution >= 0.6 is 0 Å². The maximum atomic E-state index is 9.86. The molecular weight excluding hydrogens is 186 g/mol. The largest absolute Gasteiger partial charge is 0.388 e. The third-order valence-electron chi connectivity index (χ3n) is 2.54. The Kier molecular flexibility index (Phi) is 4.15. The lowest BCUT2D eigenvalue weighted by Gasteiger charge is -2.12. The molecule has 0 spiro atoms. The Labute approximate surface area is 92.2 Å². The lowest BCUT2D eigenvalue weighted by atomic mass is 10.0. The summed E-state index contributed by atoms with van der Waals surface area (Å²) in [5.41, 5.74) is 2.20. The van der Waals surface area contributed by atoms with E-state index in [1.165, 1.54) is 5.57 Å². The molecule has 0 aliphatic carbocycles. The van der Waals surface area contributed by atoms with E-state index in [1.54, 1.807) is 0 Å². The van der Waals surface area contributed by atoms with Gasteiger partial charge < -0.3 is 9.67 Å². The van der Waals surface area contributed by atoms with Crippen molar-refractivity contribution in [3.8, 4) is 0 Å². The first kappa shape index (κ1) is 12.1. The highest BCUT2D eigenvalue weighted by molar-refractivity contribution is 5.14. The van der Waals surface area contributed by atoms with Crippen molar-refractivity contribution in [1.82, 2.24) is 4.57 Å². The fraction of sp³-hybridized carbons (Fsp3) is 0.538. The molecular formula is C13H21NO. The molecule has 0 fully saturated rings. The predicted molar refractivity (Wildman–Crippen MR) is 63.7 cm³/mol. The Bertz CT molecular complexity index is 325. The minimum Gasteiger partial charge on any atom is -0.388 e. The average Bonchev–Trinajstić information content (AvgIpc) is 2.61. The van der Waals surface area contributed by atoms with Crippen LogP contribution in [0.15, 0.2) is 30.6 Å². The van der Waals surface area contributed by atoms with Gasteiger partial charge in [-0.1, -0.05) is 19.4 Å². The SMILES string of the molecule is C=C(C)CCn1ccc(C(O)C(C)C)c1. The third kappa shape index (κ3) is 3.56.